The van der Waals surface area contributed by atoms with E-state index in [0.29, 0.717) is 18.0 Å². The number of thiocarbonyl (C=S) groups is 1. The third-order valence-electron chi connectivity index (χ3n) is 2.48. The molecule has 18 heavy (non-hydrogen) atoms. The molecular weight excluding hydrogens is 250 g/mol. The van der Waals surface area contributed by atoms with Gasteiger partial charge in [-0.1, -0.05) is 18.3 Å². The molecule has 1 aromatic heterocycles. The zero-order chi connectivity index (χ0) is 13.7. The largest absolute Gasteiger partial charge is 0.393 e. The van der Waals surface area contributed by atoms with Gasteiger partial charge in [-0.2, -0.15) is 0 Å². The van der Waals surface area contributed by atoms with Crippen molar-refractivity contribution in [3.63, 3.8) is 0 Å². The molecule has 98 valence electrons. The highest BCUT2D eigenvalue weighted by atomic mass is 32.1. The number of nitrogens with two attached hydrogens (primary N) is 1. The van der Waals surface area contributed by atoms with Crippen molar-refractivity contribution in [3.8, 4) is 0 Å². The van der Waals surface area contributed by atoms with Crippen LogP contribution in [0.25, 0.3) is 0 Å². The van der Waals surface area contributed by atoms with E-state index in [9.17, 15) is 9.59 Å². The average Bonchev–Trinajstić information content (AvgIpc) is 2.28. The van der Waals surface area contributed by atoms with Crippen LogP contribution in [0.5, 0.6) is 0 Å². The van der Waals surface area contributed by atoms with Crippen molar-refractivity contribution in [2.24, 2.45) is 5.73 Å². The summed E-state index contributed by atoms with van der Waals surface area (Å²) in [6.45, 7) is 4.25. The number of aromatic nitrogens is 1. The summed E-state index contributed by atoms with van der Waals surface area (Å²) in [6, 6.07) is 4.51. The number of hydrogen-bond donors (Lipinski definition) is 2. The lowest BCUT2D eigenvalue weighted by molar-refractivity contribution is 0.0705. The van der Waals surface area contributed by atoms with Crippen LogP contribution in [0.3, 0.4) is 0 Å². The molecule has 5 nitrogen and oxygen atoms in total. The van der Waals surface area contributed by atoms with Gasteiger partial charge in [0.1, 0.15) is 5.69 Å². The number of H-pyrrole nitrogens is 1. The fourth-order valence-corrected chi connectivity index (χ4v) is 1.64. The Hall–Kier alpha value is -1.69. The standard InChI is InChI=1S/C12H17N3O2S/c1-8(2)15(7-6-10(13)18)12(17)9-4-3-5-11(16)14-9/h3-5,8H,6-7H2,1-2H3,(H2,13,18)(H,14,16). The second-order valence-corrected chi connectivity index (χ2v) is 4.76. The van der Waals surface area contributed by atoms with Crippen LogP contribution in [-0.2, 0) is 0 Å². The molecule has 3 N–H and O–H groups in total. The SMILES string of the molecule is CC(C)N(CCC(N)=S)C(=O)c1cccc(=O)[nH]1. The topological polar surface area (TPSA) is 79.2 Å². The second kappa shape index (κ2) is 6.30. The molecule has 0 saturated heterocycles. The molecule has 0 unspecified atom stereocenters. The predicted octanol–water partition coefficient (Wildman–Crippen LogP) is 0.902. The van der Waals surface area contributed by atoms with E-state index in [1.807, 2.05) is 13.8 Å². The first-order valence-corrected chi connectivity index (χ1v) is 6.11. The van der Waals surface area contributed by atoms with Gasteiger partial charge in [-0.3, -0.25) is 9.59 Å². The van der Waals surface area contributed by atoms with Crippen LogP contribution in [0.2, 0.25) is 0 Å². The van der Waals surface area contributed by atoms with Crippen LogP contribution >= 0.6 is 12.2 Å². The molecule has 0 aliphatic heterocycles. The Bertz CT molecular complexity index is 496. The van der Waals surface area contributed by atoms with Crippen molar-refractivity contribution < 1.29 is 4.79 Å². The molecule has 0 bridgehead atoms. The Balaban J connectivity index is 2.89. The van der Waals surface area contributed by atoms with Gasteiger partial charge in [0.05, 0.1) is 4.99 Å². The minimum atomic E-state index is -0.293. The summed E-state index contributed by atoms with van der Waals surface area (Å²) in [5.41, 5.74) is 5.42. The van der Waals surface area contributed by atoms with Gasteiger partial charge in [-0.05, 0) is 19.9 Å². The first kappa shape index (κ1) is 14.4. The zero-order valence-electron chi connectivity index (χ0n) is 10.5. The fourth-order valence-electron chi connectivity index (χ4n) is 1.55. The molecule has 1 aromatic rings. The molecule has 0 aliphatic rings. The van der Waals surface area contributed by atoms with Gasteiger partial charge < -0.3 is 15.6 Å². The van der Waals surface area contributed by atoms with E-state index in [0.717, 1.165) is 0 Å². The minimum Gasteiger partial charge on any atom is -0.393 e. The maximum absolute atomic E-state index is 12.2. The molecule has 0 spiro atoms. The lowest BCUT2D eigenvalue weighted by Gasteiger charge is -2.26. The zero-order valence-corrected chi connectivity index (χ0v) is 11.3. The molecule has 6 heteroatoms. The number of carbonyl (C=O) groups is 1. The highest BCUT2D eigenvalue weighted by molar-refractivity contribution is 7.80. The van der Waals surface area contributed by atoms with Crippen LogP contribution in [0, 0.1) is 0 Å². The van der Waals surface area contributed by atoms with Crippen molar-refractivity contribution in [3.05, 3.63) is 34.2 Å². The quantitative estimate of drug-likeness (QED) is 0.777. The molecule has 0 aliphatic carbocycles. The third kappa shape index (κ3) is 3.96. The Morgan fingerprint density at radius 1 is 1.50 bits per heavy atom. The highest BCUT2D eigenvalue weighted by Crippen LogP contribution is 2.06. The first-order valence-electron chi connectivity index (χ1n) is 5.70. The third-order valence-corrected chi connectivity index (χ3v) is 2.69. The summed E-state index contributed by atoms with van der Waals surface area (Å²) in [5.74, 6) is -0.223. The number of amides is 1. The summed E-state index contributed by atoms with van der Waals surface area (Å²) < 4.78 is 0. The fraction of sp³-hybridized carbons (Fsp3) is 0.417. The minimum absolute atomic E-state index is 0.00978. The van der Waals surface area contributed by atoms with Gasteiger partial charge in [0, 0.05) is 25.1 Å². The summed E-state index contributed by atoms with van der Waals surface area (Å²) in [6.07, 6.45) is 0.469. The summed E-state index contributed by atoms with van der Waals surface area (Å²) in [5, 5.41) is 0. The van der Waals surface area contributed by atoms with Crippen molar-refractivity contribution in [2.45, 2.75) is 26.3 Å². The smallest absolute Gasteiger partial charge is 0.270 e. The van der Waals surface area contributed by atoms with Crippen molar-refractivity contribution in [1.82, 2.24) is 9.88 Å². The maximum atomic E-state index is 12.2. The predicted molar refractivity (Wildman–Crippen MR) is 74.6 cm³/mol. The van der Waals surface area contributed by atoms with Gasteiger partial charge in [0.25, 0.3) is 5.91 Å². The molecule has 1 rings (SSSR count). The summed E-state index contributed by atoms with van der Waals surface area (Å²) in [7, 11) is 0. The molecule has 0 aromatic carbocycles. The van der Waals surface area contributed by atoms with Crippen LogP contribution in [0.15, 0.2) is 23.0 Å². The lowest BCUT2D eigenvalue weighted by atomic mass is 10.2. The van der Waals surface area contributed by atoms with Crippen LogP contribution in [-0.4, -0.2) is 33.4 Å². The molecule has 0 saturated carbocycles. The Morgan fingerprint density at radius 2 is 2.17 bits per heavy atom. The van der Waals surface area contributed by atoms with E-state index in [-0.39, 0.29) is 23.2 Å². The monoisotopic (exact) mass is 267 g/mol. The molecule has 1 amide bonds. The average molecular weight is 267 g/mol. The Morgan fingerprint density at radius 3 is 2.67 bits per heavy atom. The maximum Gasteiger partial charge on any atom is 0.270 e. The van der Waals surface area contributed by atoms with Gasteiger partial charge in [0.2, 0.25) is 5.56 Å². The van der Waals surface area contributed by atoms with Crippen LogP contribution in [0.1, 0.15) is 30.8 Å². The number of nitrogens with zero attached hydrogens (tertiary/aromatic N) is 1. The van der Waals surface area contributed by atoms with E-state index in [2.05, 4.69) is 4.98 Å². The Labute approximate surface area is 111 Å². The molecule has 0 radical (unpaired) electrons. The highest BCUT2D eigenvalue weighted by Gasteiger charge is 2.19. The van der Waals surface area contributed by atoms with E-state index < -0.39 is 0 Å². The van der Waals surface area contributed by atoms with E-state index >= 15 is 0 Å². The lowest BCUT2D eigenvalue weighted by Crippen LogP contribution is -2.39. The van der Waals surface area contributed by atoms with Gasteiger partial charge >= 0.3 is 0 Å². The molecule has 0 fully saturated rings. The van der Waals surface area contributed by atoms with Crippen LogP contribution < -0.4 is 11.3 Å². The van der Waals surface area contributed by atoms with Crippen molar-refractivity contribution in [2.75, 3.05) is 6.54 Å². The number of aromatic amines is 1. The molecular formula is C12H17N3O2S. The number of carbonyl (C=O) groups excluding carboxylic acids is 1. The number of hydrogen-bond acceptors (Lipinski definition) is 3. The molecule has 1 heterocycles. The summed E-state index contributed by atoms with van der Waals surface area (Å²) >= 11 is 4.81. The van der Waals surface area contributed by atoms with Crippen molar-refractivity contribution in [1.29, 1.82) is 0 Å². The number of pyridine rings is 1. The summed E-state index contributed by atoms with van der Waals surface area (Å²) in [4.78, 5) is 27.9. The van der Waals surface area contributed by atoms with E-state index in [1.165, 1.54) is 6.07 Å². The van der Waals surface area contributed by atoms with Gasteiger partial charge in [0.15, 0.2) is 0 Å². The number of nitrogens with one attached hydrogen (secondary N) is 1. The number of rotatable bonds is 5. The van der Waals surface area contributed by atoms with Gasteiger partial charge in [-0.15, -0.1) is 0 Å². The molecule has 0 atom stereocenters. The normalized spacial score (nSPS) is 10.4. The van der Waals surface area contributed by atoms with Crippen LogP contribution in [0.4, 0.5) is 0 Å². The van der Waals surface area contributed by atoms with E-state index in [1.54, 1.807) is 17.0 Å². The van der Waals surface area contributed by atoms with E-state index in [4.69, 9.17) is 18.0 Å². The first-order chi connectivity index (χ1) is 8.41. The van der Waals surface area contributed by atoms with Crippen molar-refractivity contribution >= 4 is 23.1 Å². The Kier molecular flexibility index (Phi) is 5.03. The van der Waals surface area contributed by atoms with Gasteiger partial charge in [-0.25, -0.2) is 0 Å². The second-order valence-electron chi connectivity index (χ2n) is 4.24.